The number of nitrogens with zero attached hydrogens (tertiary/aromatic N) is 1. The van der Waals surface area contributed by atoms with E-state index in [0.717, 1.165) is 51.7 Å². The summed E-state index contributed by atoms with van der Waals surface area (Å²) in [5, 5.41) is 12.1. The second kappa shape index (κ2) is 8.66. The number of benzene rings is 1. The van der Waals surface area contributed by atoms with Crippen molar-refractivity contribution in [2.75, 3.05) is 26.7 Å². The number of piperidine rings is 1. The van der Waals surface area contributed by atoms with Gasteiger partial charge in [-0.15, -0.1) is 0 Å². The van der Waals surface area contributed by atoms with E-state index in [4.69, 9.17) is 9.47 Å². The molecule has 4 fully saturated rings. The molecule has 0 bridgehead atoms. The van der Waals surface area contributed by atoms with Gasteiger partial charge in [0.1, 0.15) is 6.10 Å². The van der Waals surface area contributed by atoms with E-state index in [1.807, 2.05) is 0 Å². The molecular weight excluding hydrogens is 414 g/mol. The monoisotopic (exact) mass is 455 g/mol. The summed E-state index contributed by atoms with van der Waals surface area (Å²) in [7, 11) is 1.73. The molecule has 182 valence electrons. The molecule has 2 saturated heterocycles. The molecular formula is C28H41NO4. The van der Waals surface area contributed by atoms with Crippen LogP contribution in [0.5, 0.6) is 0 Å². The molecule has 6 atom stereocenters. The topological polar surface area (TPSA) is 59.0 Å². The predicted molar refractivity (Wildman–Crippen MR) is 128 cm³/mol. The van der Waals surface area contributed by atoms with Crippen molar-refractivity contribution in [2.24, 2.45) is 23.2 Å². The van der Waals surface area contributed by atoms with Gasteiger partial charge in [-0.2, -0.15) is 0 Å². The molecule has 2 aliphatic heterocycles. The summed E-state index contributed by atoms with van der Waals surface area (Å²) in [6.07, 6.45) is 7.63. The molecule has 1 N–H and O–H groups in total. The molecule has 5 rings (SSSR count). The fourth-order valence-electron chi connectivity index (χ4n) is 7.69. The summed E-state index contributed by atoms with van der Waals surface area (Å²) in [6, 6.07) is 10.8. The second-order valence-corrected chi connectivity index (χ2v) is 11.8. The van der Waals surface area contributed by atoms with Crippen LogP contribution in [0.1, 0.15) is 64.4 Å². The van der Waals surface area contributed by atoms with Crippen molar-refractivity contribution in [2.45, 2.75) is 82.5 Å². The van der Waals surface area contributed by atoms with E-state index >= 15 is 0 Å². The molecule has 2 aliphatic carbocycles. The Balaban J connectivity index is 1.25. The van der Waals surface area contributed by atoms with Crippen LogP contribution in [0.15, 0.2) is 30.3 Å². The molecule has 33 heavy (non-hydrogen) atoms. The maximum atomic E-state index is 13.0. The molecule has 4 aliphatic rings. The van der Waals surface area contributed by atoms with E-state index < -0.39 is 11.2 Å². The predicted octanol–water partition coefficient (Wildman–Crippen LogP) is 4.22. The van der Waals surface area contributed by atoms with Crippen molar-refractivity contribution in [1.82, 2.24) is 4.90 Å². The zero-order valence-corrected chi connectivity index (χ0v) is 20.6. The summed E-state index contributed by atoms with van der Waals surface area (Å²) in [5.74, 6) is 0.594. The van der Waals surface area contributed by atoms with Gasteiger partial charge in [0.05, 0.1) is 17.1 Å². The van der Waals surface area contributed by atoms with E-state index in [0.29, 0.717) is 12.3 Å². The highest BCUT2D eigenvalue weighted by Gasteiger charge is 2.67. The molecule has 5 heteroatoms. The van der Waals surface area contributed by atoms with Gasteiger partial charge in [-0.3, -0.25) is 4.79 Å². The van der Waals surface area contributed by atoms with Crippen molar-refractivity contribution < 1.29 is 19.4 Å². The first kappa shape index (κ1) is 23.3. The number of fused-ring (bicyclic) bond motifs is 2. The normalized spacial score (nSPS) is 41.9. The van der Waals surface area contributed by atoms with Crippen LogP contribution in [0, 0.1) is 23.2 Å². The minimum absolute atomic E-state index is 0.0543. The highest BCUT2D eigenvalue weighted by atomic mass is 16.6. The van der Waals surface area contributed by atoms with Crippen LogP contribution in [-0.2, 0) is 20.7 Å². The third-order valence-electron chi connectivity index (χ3n) is 9.98. The zero-order valence-electron chi connectivity index (χ0n) is 20.6. The Morgan fingerprint density at radius 1 is 1.12 bits per heavy atom. The van der Waals surface area contributed by atoms with Crippen LogP contribution in [0.3, 0.4) is 0 Å². The lowest BCUT2D eigenvalue weighted by atomic mass is 9.49. The van der Waals surface area contributed by atoms with Crippen molar-refractivity contribution in [3.63, 3.8) is 0 Å². The summed E-state index contributed by atoms with van der Waals surface area (Å²) in [5.41, 5.74) is -0.354. The van der Waals surface area contributed by atoms with Crippen LogP contribution in [0.2, 0.25) is 0 Å². The second-order valence-electron chi connectivity index (χ2n) is 11.8. The van der Waals surface area contributed by atoms with Crippen LogP contribution in [-0.4, -0.2) is 60.0 Å². The Bertz CT molecular complexity index is 853. The Kier molecular flexibility index (Phi) is 6.12. The highest BCUT2D eigenvalue weighted by molar-refractivity contribution is 5.75. The maximum Gasteiger partial charge on any atom is 0.310 e. The van der Waals surface area contributed by atoms with Gasteiger partial charge in [0.2, 0.25) is 0 Å². The first-order chi connectivity index (χ1) is 15.8. The Labute approximate surface area is 198 Å². The van der Waals surface area contributed by atoms with E-state index in [2.05, 4.69) is 49.1 Å². The molecule has 0 amide bonds. The van der Waals surface area contributed by atoms with Crippen molar-refractivity contribution in [3.05, 3.63) is 35.9 Å². The van der Waals surface area contributed by atoms with Crippen LogP contribution >= 0.6 is 0 Å². The lowest BCUT2D eigenvalue weighted by Crippen LogP contribution is -2.69. The quantitative estimate of drug-likeness (QED) is 0.674. The zero-order chi connectivity index (χ0) is 23.3. The van der Waals surface area contributed by atoms with Gasteiger partial charge in [-0.25, -0.2) is 0 Å². The van der Waals surface area contributed by atoms with E-state index in [-0.39, 0.29) is 29.3 Å². The number of likely N-dealkylation sites (tertiary alicyclic amines) is 1. The fourth-order valence-corrected chi connectivity index (χ4v) is 7.69. The molecule has 0 aromatic heterocycles. The molecule has 1 aromatic carbocycles. The molecule has 2 unspecified atom stereocenters. The van der Waals surface area contributed by atoms with Gasteiger partial charge in [0.15, 0.2) is 0 Å². The number of rotatable bonds is 5. The third-order valence-corrected chi connectivity index (χ3v) is 9.98. The average Bonchev–Trinajstić information content (AvgIpc) is 3.08. The SMILES string of the molecule is CO[C@]1(C)CCC[C@]2(C)C[C@H]3OC(=O)C(CN4CCC(Cc5ccccc5)CC4)[C@H]3CC21O. The summed E-state index contributed by atoms with van der Waals surface area (Å²) >= 11 is 0. The lowest BCUT2D eigenvalue weighted by molar-refractivity contribution is -0.270. The minimum atomic E-state index is -0.928. The van der Waals surface area contributed by atoms with E-state index in [1.165, 1.54) is 18.4 Å². The molecule has 1 aromatic rings. The third kappa shape index (κ3) is 3.94. The first-order valence-corrected chi connectivity index (χ1v) is 13.0. The van der Waals surface area contributed by atoms with Crippen molar-refractivity contribution in [3.8, 4) is 0 Å². The summed E-state index contributed by atoms with van der Waals surface area (Å²) < 4.78 is 11.9. The summed E-state index contributed by atoms with van der Waals surface area (Å²) in [4.78, 5) is 15.5. The molecule has 0 spiro atoms. The standard InChI is InChI=1S/C28H41NO4/c1-26-12-7-13-27(2,32-3)28(26,31)17-22-23(25(30)33-24(22)18-26)19-29-14-10-21(11-15-29)16-20-8-5-4-6-9-20/h4-6,8-9,21-24,31H,7,10-19H2,1-3H3/t22-,23?,24-,26-,27-,28?/m1/s1. The molecule has 5 nitrogen and oxygen atoms in total. The number of hydrogen-bond donors (Lipinski definition) is 1. The minimum Gasteiger partial charge on any atom is -0.462 e. The smallest absolute Gasteiger partial charge is 0.310 e. The number of aliphatic hydroxyl groups is 1. The molecule has 0 radical (unpaired) electrons. The number of esters is 1. The summed E-state index contributed by atoms with van der Waals surface area (Å²) in [6.45, 7) is 7.08. The maximum absolute atomic E-state index is 13.0. The molecule has 2 saturated carbocycles. The van der Waals surface area contributed by atoms with Crippen LogP contribution in [0.25, 0.3) is 0 Å². The van der Waals surface area contributed by atoms with Gasteiger partial charge >= 0.3 is 5.97 Å². The largest absolute Gasteiger partial charge is 0.462 e. The lowest BCUT2D eigenvalue weighted by Gasteiger charge is -2.62. The Hall–Kier alpha value is -1.43. The van der Waals surface area contributed by atoms with Gasteiger partial charge in [-0.1, -0.05) is 37.3 Å². The molecule has 2 heterocycles. The number of hydrogen-bond acceptors (Lipinski definition) is 5. The van der Waals surface area contributed by atoms with Gasteiger partial charge in [-0.05, 0) is 82.9 Å². The van der Waals surface area contributed by atoms with Crippen LogP contribution < -0.4 is 0 Å². The number of ether oxygens (including phenoxy) is 2. The average molecular weight is 456 g/mol. The van der Waals surface area contributed by atoms with Crippen molar-refractivity contribution >= 4 is 5.97 Å². The van der Waals surface area contributed by atoms with Gasteiger partial charge in [0, 0.05) is 25.0 Å². The number of carbonyl (C=O) groups excluding carboxylic acids is 1. The Morgan fingerprint density at radius 2 is 1.85 bits per heavy atom. The number of carbonyl (C=O) groups is 1. The fraction of sp³-hybridized carbons (Fsp3) is 0.750. The van der Waals surface area contributed by atoms with Gasteiger partial charge in [0.25, 0.3) is 0 Å². The van der Waals surface area contributed by atoms with Crippen molar-refractivity contribution in [1.29, 1.82) is 0 Å². The number of methoxy groups -OCH3 is 1. The van der Waals surface area contributed by atoms with Crippen LogP contribution in [0.4, 0.5) is 0 Å². The highest BCUT2D eigenvalue weighted by Crippen LogP contribution is 2.61. The van der Waals surface area contributed by atoms with E-state index in [1.54, 1.807) is 7.11 Å². The first-order valence-electron chi connectivity index (χ1n) is 13.0. The Morgan fingerprint density at radius 3 is 2.55 bits per heavy atom. The van der Waals surface area contributed by atoms with E-state index in [9.17, 15) is 9.90 Å². The van der Waals surface area contributed by atoms with Gasteiger partial charge < -0.3 is 19.5 Å².